The summed E-state index contributed by atoms with van der Waals surface area (Å²) in [6.45, 7) is 3.85. The van der Waals surface area contributed by atoms with Gasteiger partial charge in [0, 0.05) is 11.1 Å². The van der Waals surface area contributed by atoms with Crippen LogP contribution in [-0.4, -0.2) is 0 Å². The van der Waals surface area contributed by atoms with E-state index in [1.54, 1.807) is 0 Å². The highest BCUT2D eigenvalue weighted by molar-refractivity contribution is 5.45. The molecule has 2 fully saturated rings. The monoisotopic (exact) mass is 472 g/mol. The molecule has 4 unspecified atom stereocenters. The molecule has 0 nitrogen and oxygen atoms in total. The van der Waals surface area contributed by atoms with Gasteiger partial charge >= 0.3 is 6.18 Å². The van der Waals surface area contributed by atoms with Crippen LogP contribution in [0.1, 0.15) is 79.5 Å². The molecule has 0 saturated heterocycles. The van der Waals surface area contributed by atoms with Crippen molar-refractivity contribution in [3.63, 3.8) is 0 Å². The number of halogens is 5. The summed E-state index contributed by atoms with van der Waals surface area (Å²) in [5.41, 5.74) is -0.0817. The predicted octanol–water partition coefficient (Wildman–Crippen LogP) is 8.65. The second kappa shape index (κ2) is 10.3. The Hall–Kier alpha value is -2.61. The average molecular weight is 473 g/mol. The Morgan fingerprint density at radius 3 is 2.12 bits per heavy atom. The fourth-order valence-electron chi connectivity index (χ4n) is 5.80. The molecule has 0 spiro atoms. The quantitative estimate of drug-likeness (QED) is 0.237. The van der Waals surface area contributed by atoms with Gasteiger partial charge in [-0.3, -0.25) is 0 Å². The van der Waals surface area contributed by atoms with Crippen molar-refractivity contribution in [1.82, 2.24) is 0 Å². The Kier molecular flexibility index (Phi) is 7.45. The van der Waals surface area contributed by atoms with Crippen LogP contribution < -0.4 is 0 Å². The Bertz CT molecular complexity index is 1050. The van der Waals surface area contributed by atoms with Gasteiger partial charge < -0.3 is 0 Å². The van der Waals surface area contributed by atoms with Gasteiger partial charge in [0.1, 0.15) is 17.2 Å². The normalized spacial score (nSPS) is 24.6. The SMILES string of the molecule is C=CCCC1CCC2CC(c3ccc(C#Cc4cc(F)c(C(F)(F)F)c(F)c4)cc3)CCC2C1. The van der Waals surface area contributed by atoms with E-state index in [0.717, 1.165) is 24.2 Å². The van der Waals surface area contributed by atoms with Gasteiger partial charge in [-0.1, -0.05) is 36.5 Å². The van der Waals surface area contributed by atoms with E-state index in [-0.39, 0.29) is 5.56 Å². The molecule has 4 atom stereocenters. The van der Waals surface area contributed by atoms with E-state index in [1.165, 1.54) is 50.5 Å². The molecule has 0 N–H and O–H groups in total. The maximum atomic E-state index is 13.8. The number of alkyl halides is 3. The molecule has 34 heavy (non-hydrogen) atoms. The molecule has 0 bridgehead atoms. The summed E-state index contributed by atoms with van der Waals surface area (Å²) in [5, 5.41) is 0. The summed E-state index contributed by atoms with van der Waals surface area (Å²) < 4.78 is 65.7. The summed E-state index contributed by atoms with van der Waals surface area (Å²) in [7, 11) is 0. The highest BCUT2D eigenvalue weighted by Crippen LogP contribution is 2.48. The third-order valence-electron chi connectivity index (χ3n) is 7.56. The van der Waals surface area contributed by atoms with Crippen LogP contribution in [0, 0.1) is 41.2 Å². The fraction of sp³-hybridized carbons (Fsp3) is 0.448. The Balaban J connectivity index is 1.39. The van der Waals surface area contributed by atoms with E-state index in [0.29, 0.717) is 23.6 Å². The van der Waals surface area contributed by atoms with Gasteiger partial charge in [0.05, 0.1) is 0 Å². The third kappa shape index (κ3) is 5.71. The second-order valence-electron chi connectivity index (χ2n) is 9.76. The fourth-order valence-corrected chi connectivity index (χ4v) is 5.80. The van der Waals surface area contributed by atoms with Gasteiger partial charge in [0.2, 0.25) is 0 Å². The van der Waals surface area contributed by atoms with Crippen LogP contribution in [0.2, 0.25) is 0 Å². The van der Waals surface area contributed by atoms with E-state index < -0.39 is 23.4 Å². The lowest BCUT2D eigenvalue weighted by Gasteiger charge is -2.42. The number of fused-ring (bicyclic) bond motifs is 1. The first-order valence-electron chi connectivity index (χ1n) is 12.0. The average Bonchev–Trinajstić information content (AvgIpc) is 2.80. The molecule has 5 heteroatoms. The number of benzene rings is 2. The lowest BCUT2D eigenvalue weighted by atomic mass is 9.63. The van der Waals surface area contributed by atoms with Crippen LogP contribution in [0.25, 0.3) is 0 Å². The number of hydrogen-bond donors (Lipinski definition) is 0. The van der Waals surface area contributed by atoms with Crippen LogP contribution in [0.15, 0.2) is 49.1 Å². The van der Waals surface area contributed by atoms with E-state index in [4.69, 9.17) is 0 Å². The van der Waals surface area contributed by atoms with Gasteiger partial charge in [-0.2, -0.15) is 13.2 Å². The first-order chi connectivity index (χ1) is 16.2. The van der Waals surface area contributed by atoms with E-state index in [1.807, 2.05) is 18.2 Å². The molecule has 2 aliphatic carbocycles. The van der Waals surface area contributed by atoms with E-state index in [9.17, 15) is 22.0 Å². The second-order valence-corrected chi connectivity index (χ2v) is 9.76. The molecule has 2 aromatic rings. The van der Waals surface area contributed by atoms with Gasteiger partial charge in [0.15, 0.2) is 0 Å². The molecule has 2 aliphatic rings. The topological polar surface area (TPSA) is 0 Å². The van der Waals surface area contributed by atoms with Crippen LogP contribution in [0.5, 0.6) is 0 Å². The molecule has 0 amide bonds. The summed E-state index contributed by atoms with van der Waals surface area (Å²) in [4.78, 5) is 0. The van der Waals surface area contributed by atoms with Gasteiger partial charge in [-0.25, -0.2) is 8.78 Å². The van der Waals surface area contributed by atoms with Crippen molar-refractivity contribution in [2.45, 2.75) is 63.5 Å². The number of rotatable bonds is 4. The molecular weight excluding hydrogens is 443 g/mol. The van der Waals surface area contributed by atoms with Crippen LogP contribution in [0.4, 0.5) is 22.0 Å². The number of hydrogen-bond acceptors (Lipinski definition) is 0. The first kappa shape index (κ1) is 24.5. The third-order valence-corrected chi connectivity index (χ3v) is 7.56. The lowest BCUT2D eigenvalue weighted by Crippen LogP contribution is -2.30. The van der Waals surface area contributed by atoms with Gasteiger partial charge in [0.25, 0.3) is 0 Å². The van der Waals surface area contributed by atoms with E-state index >= 15 is 0 Å². The summed E-state index contributed by atoms with van der Waals surface area (Å²) in [6.07, 6.45) is 6.98. The van der Waals surface area contributed by atoms with E-state index in [2.05, 4.69) is 30.6 Å². The zero-order valence-corrected chi connectivity index (χ0v) is 19.1. The van der Waals surface area contributed by atoms with Crippen molar-refractivity contribution in [3.05, 3.63) is 82.9 Å². The Labute approximate surface area is 198 Å². The standard InChI is InChI=1S/C29H29F5/c1-2-3-4-20-9-12-25-18-24(14-13-23(25)15-20)22-10-7-19(8-11-22)5-6-21-16-26(30)28(27(31)17-21)29(32,33)34/h2,7-8,10-11,16-17,20,23-25H,1,3-4,9,12-15,18H2. The van der Waals surface area contributed by atoms with Crippen molar-refractivity contribution in [2.75, 3.05) is 0 Å². The lowest BCUT2D eigenvalue weighted by molar-refractivity contribution is -0.142. The molecule has 4 rings (SSSR count). The molecular formula is C29H29F5. The smallest absolute Gasteiger partial charge is 0.206 e. The molecule has 2 saturated carbocycles. The first-order valence-corrected chi connectivity index (χ1v) is 12.0. The highest BCUT2D eigenvalue weighted by atomic mass is 19.4. The largest absolute Gasteiger partial charge is 0.422 e. The molecule has 0 radical (unpaired) electrons. The Morgan fingerprint density at radius 2 is 1.47 bits per heavy atom. The van der Waals surface area contributed by atoms with Crippen molar-refractivity contribution in [2.24, 2.45) is 17.8 Å². The van der Waals surface area contributed by atoms with Crippen molar-refractivity contribution in [1.29, 1.82) is 0 Å². The minimum Gasteiger partial charge on any atom is -0.206 e. The van der Waals surface area contributed by atoms with Crippen molar-refractivity contribution < 1.29 is 22.0 Å². The summed E-state index contributed by atoms with van der Waals surface area (Å²) >= 11 is 0. The minimum atomic E-state index is -5.08. The Morgan fingerprint density at radius 1 is 0.853 bits per heavy atom. The summed E-state index contributed by atoms with van der Waals surface area (Å²) in [6, 6.07) is 9.10. The van der Waals surface area contributed by atoms with Crippen molar-refractivity contribution in [3.8, 4) is 11.8 Å². The maximum Gasteiger partial charge on any atom is 0.422 e. The zero-order valence-electron chi connectivity index (χ0n) is 19.1. The molecule has 0 aromatic heterocycles. The minimum absolute atomic E-state index is 0.130. The van der Waals surface area contributed by atoms with Crippen LogP contribution in [-0.2, 0) is 6.18 Å². The number of allylic oxidation sites excluding steroid dienone is 1. The van der Waals surface area contributed by atoms with Gasteiger partial charge in [-0.15, -0.1) is 6.58 Å². The predicted molar refractivity (Wildman–Crippen MR) is 124 cm³/mol. The van der Waals surface area contributed by atoms with Crippen LogP contribution >= 0.6 is 0 Å². The molecule has 0 aliphatic heterocycles. The molecule has 180 valence electrons. The van der Waals surface area contributed by atoms with Crippen LogP contribution in [0.3, 0.4) is 0 Å². The highest BCUT2D eigenvalue weighted by Gasteiger charge is 2.38. The maximum absolute atomic E-state index is 13.8. The van der Waals surface area contributed by atoms with Gasteiger partial charge in [-0.05, 0) is 98.4 Å². The summed E-state index contributed by atoms with van der Waals surface area (Å²) in [5.74, 6) is 5.08. The molecule has 0 heterocycles. The molecule has 2 aromatic carbocycles. The zero-order chi connectivity index (χ0) is 24.3. The van der Waals surface area contributed by atoms with Crippen molar-refractivity contribution >= 4 is 0 Å².